The summed E-state index contributed by atoms with van der Waals surface area (Å²) in [5.41, 5.74) is -0.314. The first-order valence-corrected chi connectivity index (χ1v) is 56.7. The van der Waals surface area contributed by atoms with Crippen LogP contribution in [0.1, 0.15) is 159 Å². The SMILES string of the molecule is CC(C)(C)Oc1ccc(-[s+]2c3ccccc3c3ccccc32)cc1.CC(C)(C)Oc1ccc([S+]2c3ccccc3Oc3ccccc32)cc1.CC1(Oc2ccc(-[s+]3c4ccccc4c4ccccc43)cc2)C2CC3CC(C2)CC1C3.CC1(Oc2ccc(-[s+]3c4ccccc4c4ccccc43)cc2)CCCCC1.CC1(Oc2ccc([S+]3c4ccccc4Oc4ccccc43)cc2)C2CC3CC(C2)CC1C3. The van der Waals surface area contributed by atoms with Crippen LogP contribution < -0.4 is 33.2 Å². The molecule has 0 N–H and O–H groups in total. The molecule has 139 heavy (non-hydrogen) atoms. The van der Waals surface area contributed by atoms with Crippen LogP contribution in [-0.2, 0) is 21.8 Å². The van der Waals surface area contributed by atoms with E-state index in [9.17, 15) is 0 Å². The first-order chi connectivity index (χ1) is 67.6. The molecule has 0 atom stereocenters. The number of hydrogen-bond donors (Lipinski definition) is 0. The Kier molecular flexibility index (Phi) is 24.7. The Bertz CT molecular complexity index is 7190. The van der Waals surface area contributed by atoms with Crippen molar-refractivity contribution in [2.24, 2.45) is 47.3 Å². The van der Waals surface area contributed by atoms with Gasteiger partial charge in [-0.05, 0) is 406 Å². The third-order valence-corrected chi connectivity index (χ3v) is 42.4. The minimum absolute atomic E-state index is 0.00854. The Morgan fingerprint density at radius 3 is 0.719 bits per heavy atom. The average Bonchev–Trinajstić information content (AvgIpc) is 1.73. The molecule has 0 amide bonds. The average molecular weight is 1920 g/mol. The van der Waals surface area contributed by atoms with Gasteiger partial charge in [0.2, 0.25) is 19.6 Å². The van der Waals surface area contributed by atoms with Gasteiger partial charge in [0, 0.05) is 100 Å². The molecule has 12 heteroatoms. The summed E-state index contributed by atoms with van der Waals surface area (Å²) in [4.78, 5) is 11.7. The van der Waals surface area contributed by atoms with E-state index in [0.717, 1.165) is 99.1 Å². The summed E-state index contributed by atoms with van der Waals surface area (Å²) in [5, 5.41) is 8.28. The summed E-state index contributed by atoms with van der Waals surface area (Å²) >= 11 is 0. The van der Waals surface area contributed by atoms with E-state index in [0.29, 0.717) is 0 Å². The van der Waals surface area contributed by atoms with Crippen LogP contribution in [0.15, 0.2) is 393 Å². The molecule has 9 saturated carbocycles. The zero-order valence-corrected chi connectivity index (χ0v) is 85.3. The van der Waals surface area contributed by atoms with Crippen molar-refractivity contribution in [2.75, 3.05) is 0 Å². The largest absolute Gasteiger partial charge is 0.488 e. The van der Waals surface area contributed by atoms with E-state index in [1.807, 2.05) is 24.3 Å². The quantitative estimate of drug-likeness (QED) is 0.107. The fraction of sp³-hybridized carbons (Fsp3) is 0.291. The topological polar surface area (TPSA) is 64.6 Å². The van der Waals surface area contributed by atoms with Crippen molar-refractivity contribution >= 4 is 114 Å². The number of para-hydroxylation sites is 4. The highest BCUT2D eigenvalue weighted by Gasteiger charge is 2.58. The van der Waals surface area contributed by atoms with E-state index < -0.39 is 0 Å². The van der Waals surface area contributed by atoms with Crippen molar-refractivity contribution in [1.82, 2.24) is 0 Å². The Balaban J connectivity index is 0.0000000976. The third-order valence-electron chi connectivity index (χ3n) is 30.8. The maximum absolute atomic E-state index is 6.84. The molecular formula is C127H125O7S5+5. The monoisotopic (exact) mass is 1920 g/mol. The van der Waals surface area contributed by atoms with E-state index in [1.165, 1.54) is 201 Å². The molecule has 0 spiro atoms. The maximum Gasteiger partial charge on any atom is 0.209 e. The predicted octanol–water partition coefficient (Wildman–Crippen LogP) is 36.6. The summed E-state index contributed by atoms with van der Waals surface area (Å²) in [6.07, 6.45) is 20.3. The molecule has 700 valence electrons. The van der Waals surface area contributed by atoms with Gasteiger partial charge < -0.3 is 33.2 Å². The highest BCUT2D eigenvalue weighted by molar-refractivity contribution is 7.97. The molecule has 5 heterocycles. The van der Waals surface area contributed by atoms with Crippen LogP contribution in [0.4, 0.5) is 0 Å². The molecule has 0 unspecified atom stereocenters. The van der Waals surface area contributed by atoms with E-state index in [4.69, 9.17) is 33.2 Å². The van der Waals surface area contributed by atoms with Crippen molar-refractivity contribution in [3.8, 4) is 66.4 Å². The Morgan fingerprint density at radius 1 is 0.237 bits per heavy atom. The van der Waals surface area contributed by atoms with Crippen molar-refractivity contribution in [2.45, 2.75) is 216 Å². The highest BCUT2D eigenvalue weighted by atomic mass is 32.2. The van der Waals surface area contributed by atoms with Gasteiger partial charge in [-0.2, -0.15) is 0 Å². The van der Waals surface area contributed by atoms with Crippen molar-refractivity contribution in [1.29, 1.82) is 0 Å². The molecule has 11 aliphatic rings. The van der Waals surface area contributed by atoms with Crippen LogP contribution in [0.3, 0.4) is 0 Å². The van der Waals surface area contributed by atoms with Crippen LogP contribution in [0.25, 0.3) is 75.2 Å². The zero-order valence-electron chi connectivity index (χ0n) is 81.3. The van der Waals surface area contributed by atoms with Gasteiger partial charge in [0.15, 0.2) is 75.7 Å². The van der Waals surface area contributed by atoms with Gasteiger partial charge in [-0.3, -0.25) is 0 Å². The van der Waals surface area contributed by atoms with Crippen LogP contribution >= 0.6 is 31.4 Å². The molecule has 2 aliphatic heterocycles. The molecule has 9 aliphatic carbocycles. The van der Waals surface area contributed by atoms with Gasteiger partial charge in [0.25, 0.3) is 0 Å². The summed E-state index contributed by atoms with van der Waals surface area (Å²) < 4.78 is 52.9. The third kappa shape index (κ3) is 18.2. The Morgan fingerprint density at radius 2 is 0.460 bits per heavy atom. The lowest BCUT2D eigenvalue weighted by atomic mass is 9.50. The molecule has 0 radical (unpaired) electrons. The lowest BCUT2D eigenvalue weighted by molar-refractivity contribution is -0.145. The highest BCUT2D eigenvalue weighted by Crippen LogP contribution is 2.63. The number of rotatable bonds is 13. The molecule has 3 aromatic heterocycles. The van der Waals surface area contributed by atoms with Gasteiger partial charge in [0.05, 0.1) is 0 Å². The first kappa shape index (κ1) is 91.1. The summed E-state index contributed by atoms with van der Waals surface area (Å²) in [6.45, 7) is 19.5. The van der Waals surface area contributed by atoms with Gasteiger partial charge in [0.1, 0.15) is 78.5 Å². The number of fused-ring (bicyclic) bond motifs is 13. The standard InChI is InChI=1S/C29H29O2S.C29H29OS.C25H25OS.C22H21O2S.C22H21OS/c1-29(21-15-19-14-20(17-21)18-22(29)16-19)31-23-10-12-24(13-11-23)32-27-8-4-2-6-25(27)30-26-7-3-5-9-28(26)32;1-29(21-15-19-14-20(17-21)18-22(29)16-19)30-23-10-12-24(13-11-23)31-27-8-4-2-6-25(27)26-7-3-5-9-28(26)31;1-25(17-7-2-8-18-25)26-19-13-15-20(16-14-19)27-23-11-5-3-9-21(23)22-10-4-6-12-24(22)27;1-22(2,3)24-16-12-14-17(15-13-16)25-20-10-6-4-8-18(20)23-19-9-5-7-11-21(19)25;1-22(2,3)23-16-12-14-17(15-13-16)24-20-10-6-4-8-18(20)19-9-5-7-11-21(19)24/h2-13,19-22H,14-18H2,1H3;2-13,19-22H,14-18H2,1H3;3-6,9-16H,2,7-8,17-18H2,1H3;4-15H,1-3H3;4-15H,1-3H3/q5*+1. The fourth-order valence-electron chi connectivity index (χ4n) is 24.8. The molecule has 8 bridgehead atoms. The Hall–Kier alpha value is -11.7. The maximum atomic E-state index is 6.84. The summed E-state index contributed by atoms with van der Waals surface area (Å²) in [7, 11) is -0.411. The van der Waals surface area contributed by atoms with E-state index in [-0.39, 0.29) is 81.2 Å². The van der Waals surface area contributed by atoms with E-state index in [1.54, 1.807) is 0 Å². The lowest BCUT2D eigenvalue weighted by Crippen LogP contribution is -2.59. The number of benzene rings is 15. The van der Waals surface area contributed by atoms with Gasteiger partial charge in [-0.25, -0.2) is 0 Å². The normalized spacial score (nSPS) is 22.2. The summed E-state index contributed by atoms with van der Waals surface area (Å²) in [6, 6.07) is 131. The summed E-state index contributed by atoms with van der Waals surface area (Å²) in [5.74, 6) is 15.6. The molecule has 9 fully saturated rings. The van der Waals surface area contributed by atoms with Crippen molar-refractivity contribution in [3.63, 3.8) is 0 Å². The molecular weight excluding hydrogens is 1800 g/mol. The van der Waals surface area contributed by atoms with Crippen LogP contribution in [-0.4, -0.2) is 28.0 Å². The van der Waals surface area contributed by atoms with Gasteiger partial charge in [-0.15, -0.1) is 0 Å². The second kappa shape index (κ2) is 37.7. The first-order valence-electron chi connectivity index (χ1n) is 50.6. The smallest absolute Gasteiger partial charge is 0.209 e. The molecule has 18 aromatic rings. The van der Waals surface area contributed by atoms with Gasteiger partial charge in [-0.1, -0.05) is 128 Å². The molecule has 7 nitrogen and oxygen atoms in total. The Labute approximate surface area is 833 Å². The van der Waals surface area contributed by atoms with Crippen molar-refractivity contribution < 1.29 is 33.2 Å². The van der Waals surface area contributed by atoms with E-state index >= 15 is 0 Å². The molecule has 29 rings (SSSR count). The van der Waals surface area contributed by atoms with Gasteiger partial charge >= 0.3 is 0 Å². The second-order valence-electron chi connectivity index (χ2n) is 42.6. The minimum atomic E-state index is -0.193. The fourth-order valence-corrected chi connectivity index (χ4v) is 36.4. The second-order valence-corrected chi connectivity index (χ2v) is 52.4. The minimum Gasteiger partial charge on any atom is -0.488 e. The number of ether oxygens (including phenoxy) is 7. The molecule has 15 aromatic carbocycles. The van der Waals surface area contributed by atoms with E-state index in [2.05, 4.69) is 402 Å². The lowest BCUT2D eigenvalue weighted by Gasteiger charge is -2.59. The zero-order chi connectivity index (χ0) is 94.3. The number of thiophene rings is 3. The number of hydrogen-bond acceptors (Lipinski definition) is 7. The predicted molar refractivity (Wildman–Crippen MR) is 584 cm³/mol. The van der Waals surface area contributed by atoms with Crippen LogP contribution in [0.5, 0.6) is 51.7 Å². The van der Waals surface area contributed by atoms with Crippen LogP contribution in [0, 0.1) is 47.3 Å². The van der Waals surface area contributed by atoms with Crippen LogP contribution in [0.2, 0.25) is 0 Å². The van der Waals surface area contributed by atoms with Crippen molar-refractivity contribution in [3.05, 3.63) is 364 Å². The molecule has 0 saturated heterocycles.